The van der Waals surface area contributed by atoms with E-state index in [-0.39, 0.29) is 0 Å². The number of anilines is 4. The Balaban J connectivity index is 0.000000188. The Hall–Kier alpha value is -5.22. The molecule has 48 heavy (non-hydrogen) atoms. The van der Waals surface area contributed by atoms with Crippen LogP contribution in [0.2, 0.25) is 0 Å². The van der Waals surface area contributed by atoms with Gasteiger partial charge in [-0.15, -0.1) is 0 Å². The quantitative estimate of drug-likeness (QED) is 0.105. The molecule has 6 aromatic heterocycles. The number of aromatic nitrogens is 10. The number of ether oxygens (including phenoxy) is 2. The fourth-order valence-electron chi connectivity index (χ4n) is 4.89. The number of fused-ring (bicyclic) bond motifs is 2. The van der Waals surface area contributed by atoms with Crippen LogP contribution in [0.25, 0.3) is 22.1 Å². The van der Waals surface area contributed by atoms with Gasteiger partial charge in [0.25, 0.3) is 0 Å². The van der Waals surface area contributed by atoms with Crippen molar-refractivity contribution < 1.29 is 19.7 Å². The topological polar surface area (TPSA) is 202 Å². The number of nitrogens with one attached hydrogen (secondary N) is 4. The number of aliphatic hydroxyl groups is 2. The number of hydrogen-bond donors (Lipinski definition) is 6. The first-order valence-corrected chi connectivity index (χ1v) is 15.7. The summed E-state index contributed by atoms with van der Waals surface area (Å²) in [7, 11) is 0. The lowest BCUT2D eigenvalue weighted by atomic mass is 10.1. The predicted octanol–water partition coefficient (Wildman–Crippen LogP) is 4.75. The number of H-pyrrole nitrogens is 2. The minimum absolute atomic E-state index is 0.399. The molecule has 6 N–H and O–H groups in total. The molecule has 0 fully saturated rings. The second-order valence-corrected chi connectivity index (χ2v) is 12.6. The second kappa shape index (κ2) is 13.9. The summed E-state index contributed by atoms with van der Waals surface area (Å²) < 4.78 is 14.6. The molecule has 6 heterocycles. The first-order chi connectivity index (χ1) is 22.7. The van der Waals surface area contributed by atoms with Gasteiger partial charge in [0.1, 0.15) is 11.3 Å². The average molecular weight is 661 g/mol. The van der Waals surface area contributed by atoms with Crippen LogP contribution in [0.5, 0.6) is 11.8 Å². The normalized spacial score (nSPS) is 11.9. The SMILES string of the molecule is CCOc1nc(Nc2cn(CC(C)(C)O)nc2C)nc2[nH]ccc12.CCOc1nc(Nc2cnn(CC(C)(C)O)c2C)nc2[nH]ccc12. The summed E-state index contributed by atoms with van der Waals surface area (Å²) in [5.74, 6) is 1.93. The van der Waals surface area contributed by atoms with Crippen LogP contribution in [0.4, 0.5) is 23.3 Å². The molecule has 6 rings (SSSR count). The molecule has 0 radical (unpaired) electrons. The molecule has 0 unspecified atom stereocenters. The monoisotopic (exact) mass is 660 g/mol. The van der Waals surface area contributed by atoms with Gasteiger partial charge in [-0.05, 0) is 67.5 Å². The maximum atomic E-state index is 9.96. The highest BCUT2D eigenvalue weighted by molar-refractivity contribution is 5.83. The van der Waals surface area contributed by atoms with Gasteiger partial charge in [-0.25, -0.2) is 0 Å². The molecule has 0 aromatic carbocycles. The van der Waals surface area contributed by atoms with Crippen molar-refractivity contribution in [1.82, 2.24) is 49.5 Å². The van der Waals surface area contributed by atoms with Crippen LogP contribution < -0.4 is 20.1 Å². The molecule has 0 aliphatic carbocycles. The van der Waals surface area contributed by atoms with Gasteiger partial charge >= 0.3 is 0 Å². The smallest absolute Gasteiger partial charge is 0.232 e. The lowest BCUT2D eigenvalue weighted by Crippen LogP contribution is -2.27. The molecule has 16 heteroatoms. The second-order valence-electron chi connectivity index (χ2n) is 12.6. The zero-order valence-corrected chi connectivity index (χ0v) is 28.6. The van der Waals surface area contributed by atoms with Crippen LogP contribution in [0.15, 0.2) is 36.9 Å². The van der Waals surface area contributed by atoms with E-state index in [0.717, 1.165) is 33.5 Å². The molecular weight excluding hydrogens is 616 g/mol. The largest absolute Gasteiger partial charge is 0.477 e. The molecule has 0 amide bonds. The van der Waals surface area contributed by atoms with Crippen molar-refractivity contribution in [2.45, 2.75) is 79.7 Å². The van der Waals surface area contributed by atoms with E-state index in [0.29, 0.717) is 61.3 Å². The Bertz CT molecular complexity index is 1890. The fourth-order valence-corrected chi connectivity index (χ4v) is 4.89. The first-order valence-electron chi connectivity index (χ1n) is 15.7. The molecule has 0 spiro atoms. The van der Waals surface area contributed by atoms with E-state index in [4.69, 9.17) is 9.47 Å². The van der Waals surface area contributed by atoms with E-state index in [1.54, 1.807) is 55.6 Å². The molecule has 0 saturated carbocycles. The third kappa shape index (κ3) is 8.38. The summed E-state index contributed by atoms with van der Waals surface area (Å²) in [5.41, 5.74) is 3.00. The summed E-state index contributed by atoms with van der Waals surface area (Å²) in [6, 6.07) is 3.77. The molecule has 6 aromatic rings. The van der Waals surface area contributed by atoms with E-state index in [9.17, 15) is 10.2 Å². The standard InChI is InChI=1S/2C16H22N6O2/c1-5-24-14-11-6-7-17-13(11)19-15(20-14)18-12-8-22(21-10(12)2)9-16(3,4)23;1-5-24-14-11-6-7-17-13(11)20-15(21-14)19-12-8-18-22(10(12)2)9-16(3,4)23/h6-8,23H,5,9H2,1-4H3,(H2,17,18,19,20);6-8,23H,5,9H2,1-4H3,(H2,17,19,20,21). The fraction of sp³-hybridized carbons (Fsp3) is 0.438. The maximum Gasteiger partial charge on any atom is 0.232 e. The zero-order valence-electron chi connectivity index (χ0n) is 28.6. The number of aromatic amines is 2. The van der Waals surface area contributed by atoms with E-state index in [1.165, 1.54) is 0 Å². The summed E-state index contributed by atoms with van der Waals surface area (Å²) >= 11 is 0. The number of rotatable bonds is 12. The summed E-state index contributed by atoms with van der Waals surface area (Å²) in [5, 5.41) is 36.6. The van der Waals surface area contributed by atoms with Gasteiger partial charge in [-0.1, -0.05) is 0 Å². The highest BCUT2D eigenvalue weighted by Gasteiger charge is 2.19. The number of hydrogen-bond acceptors (Lipinski definition) is 12. The molecule has 0 bridgehead atoms. The van der Waals surface area contributed by atoms with Gasteiger partial charge in [0.15, 0.2) is 0 Å². The van der Waals surface area contributed by atoms with Crippen molar-refractivity contribution >= 4 is 45.3 Å². The van der Waals surface area contributed by atoms with Gasteiger partial charge in [0, 0.05) is 18.6 Å². The minimum Gasteiger partial charge on any atom is -0.477 e. The molecule has 0 aliphatic heterocycles. The van der Waals surface area contributed by atoms with Gasteiger partial charge < -0.3 is 40.3 Å². The molecule has 0 atom stereocenters. The third-order valence-corrected chi connectivity index (χ3v) is 6.95. The first kappa shape index (κ1) is 34.1. The Morgan fingerprint density at radius 2 is 1.29 bits per heavy atom. The minimum atomic E-state index is -0.837. The summed E-state index contributed by atoms with van der Waals surface area (Å²) in [6.45, 7) is 16.5. The molecule has 16 nitrogen and oxygen atoms in total. The van der Waals surface area contributed by atoms with Crippen LogP contribution >= 0.6 is 0 Å². The summed E-state index contributed by atoms with van der Waals surface area (Å²) in [4.78, 5) is 23.9. The third-order valence-electron chi connectivity index (χ3n) is 6.95. The van der Waals surface area contributed by atoms with Gasteiger partial charge in [-0.2, -0.15) is 30.1 Å². The Morgan fingerprint density at radius 1 is 0.771 bits per heavy atom. The van der Waals surface area contributed by atoms with Crippen LogP contribution in [0, 0.1) is 13.8 Å². The van der Waals surface area contributed by atoms with Crippen molar-refractivity contribution in [3.8, 4) is 11.8 Å². The van der Waals surface area contributed by atoms with Crippen LogP contribution in [0.3, 0.4) is 0 Å². The Morgan fingerprint density at radius 3 is 1.79 bits per heavy atom. The van der Waals surface area contributed by atoms with E-state index >= 15 is 0 Å². The lowest BCUT2D eigenvalue weighted by molar-refractivity contribution is 0.0567. The molecular formula is C32H44N12O4. The van der Waals surface area contributed by atoms with Gasteiger partial charge in [0.05, 0.1) is 77.2 Å². The maximum absolute atomic E-state index is 9.96. The molecule has 256 valence electrons. The van der Waals surface area contributed by atoms with E-state index in [1.807, 2.05) is 46.0 Å². The highest BCUT2D eigenvalue weighted by Crippen LogP contribution is 2.27. The highest BCUT2D eigenvalue weighted by atomic mass is 16.5. The molecule has 0 saturated heterocycles. The predicted molar refractivity (Wildman–Crippen MR) is 183 cm³/mol. The van der Waals surface area contributed by atoms with E-state index < -0.39 is 11.2 Å². The van der Waals surface area contributed by atoms with Crippen molar-refractivity contribution in [2.75, 3.05) is 23.8 Å². The number of aryl methyl sites for hydroxylation is 1. The average Bonchev–Trinajstić information content (AvgIpc) is 3.78. The van der Waals surface area contributed by atoms with E-state index in [2.05, 4.69) is 50.7 Å². The van der Waals surface area contributed by atoms with Crippen molar-refractivity contribution in [3.05, 3.63) is 48.3 Å². The zero-order chi connectivity index (χ0) is 34.6. The Labute approximate surface area is 278 Å². The van der Waals surface area contributed by atoms with Crippen LogP contribution in [-0.2, 0) is 13.1 Å². The van der Waals surface area contributed by atoms with Crippen molar-refractivity contribution in [1.29, 1.82) is 0 Å². The van der Waals surface area contributed by atoms with Crippen molar-refractivity contribution in [2.24, 2.45) is 0 Å². The van der Waals surface area contributed by atoms with Crippen LogP contribution in [-0.4, -0.2) is 84.1 Å². The lowest BCUT2D eigenvalue weighted by Gasteiger charge is -2.18. The van der Waals surface area contributed by atoms with Crippen molar-refractivity contribution in [3.63, 3.8) is 0 Å². The molecule has 0 aliphatic rings. The Kier molecular flexibility index (Phi) is 9.86. The number of nitrogens with zero attached hydrogens (tertiary/aromatic N) is 8. The van der Waals surface area contributed by atoms with Crippen LogP contribution in [0.1, 0.15) is 52.9 Å². The van der Waals surface area contributed by atoms with Gasteiger partial charge in [0.2, 0.25) is 23.7 Å². The summed E-state index contributed by atoms with van der Waals surface area (Å²) in [6.07, 6.45) is 7.14. The van der Waals surface area contributed by atoms with Gasteiger partial charge in [-0.3, -0.25) is 9.36 Å².